The summed E-state index contributed by atoms with van der Waals surface area (Å²) in [6.45, 7) is -0.466. The molecule has 2 amide bonds. The Hall–Kier alpha value is -1.93. The average molecular weight is 268 g/mol. The number of carbonyl (C=O) groups excluding carboxylic acids is 2. The van der Waals surface area contributed by atoms with E-state index in [-0.39, 0.29) is 0 Å². The molecule has 0 aromatic heterocycles. The van der Waals surface area contributed by atoms with Crippen molar-refractivity contribution < 1.29 is 24.5 Å². The van der Waals surface area contributed by atoms with Gasteiger partial charge in [0.2, 0.25) is 11.8 Å². The second-order valence-electron chi connectivity index (χ2n) is 4.25. The van der Waals surface area contributed by atoms with Crippen molar-refractivity contribution in [2.75, 3.05) is 6.61 Å². The second-order valence-corrected chi connectivity index (χ2v) is 4.25. The normalized spacial score (nSPS) is 37.9. The molecule has 5 atom stereocenters. The van der Waals surface area contributed by atoms with Crippen LogP contribution in [-0.4, -0.2) is 53.0 Å². The maximum absolute atomic E-state index is 11.7. The predicted octanol–water partition coefficient (Wildman–Crippen LogP) is -1.39. The number of carbonyl (C=O) groups is 2. The first kappa shape index (κ1) is 13.5. The van der Waals surface area contributed by atoms with E-state index >= 15 is 0 Å². The third-order valence-electron chi connectivity index (χ3n) is 3.12. The lowest BCUT2D eigenvalue weighted by molar-refractivity contribution is -0.134. The van der Waals surface area contributed by atoms with Gasteiger partial charge < -0.3 is 14.9 Å². The van der Waals surface area contributed by atoms with Crippen molar-refractivity contribution in [1.82, 2.24) is 5.32 Å². The highest BCUT2D eigenvalue weighted by Gasteiger charge is 2.48. The maximum Gasteiger partial charge on any atom is 0.250 e. The number of aliphatic hydroxyl groups excluding tert-OH is 2. The summed E-state index contributed by atoms with van der Waals surface area (Å²) in [4.78, 5) is 25.3. The van der Waals surface area contributed by atoms with Gasteiger partial charge in [0.15, 0.2) is 0 Å². The van der Waals surface area contributed by atoms with Crippen LogP contribution in [0.25, 0.3) is 10.4 Å². The first-order valence-corrected chi connectivity index (χ1v) is 5.60. The number of nitrogens with zero attached hydrogens (tertiary/aromatic N) is 3. The minimum absolute atomic E-state index is 0.466. The molecule has 1 fully saturated rings. The standard InChI is InChI=1S/C10H12N4O5/c11-14-13-7-8(17)5(3-15)19-9(7)4-1-2-6(16)12-10(4)18/h1-2,4-5,7-9,15,17H,3H2,(H,12,16,18). The molecule has 9 nitrogen and oxygen atoms in total. The van der Waals surface area contributed by atoms with Gasteiger partial charge in [-0.3, -0.25) is 14.9 Å². The Labute approximate surface area is 107 Å². The molecule has 2 heterocycles. The van der Waals surface area contributed by atoms with Crippen LogP contribution in [0.1, 0.15) is 0 Å². The van der Waals surface area contributed by atoms with Gasteiger partial charge in [0.25, 0.3) is 0 Å². The maximum atomic E-state index is 11.7. The van der Waals surface area contributed by atoms with Crippen LogP contribution < -0.4 is 5.32 Å². The molecule has 0 aromatic carbocycles. The fourth-order valence-electron chi connectivity index (χ4n) is 2.20. The van der Waals surface area contributed by atoms with Crippen molar-refractivity contribution in [3.05, 3.63) is 22.6 Å². The first-order chi connectivity index (χ1) is 9.08. The minimum atomic E-state index is -1.20. The molecule has 0 aliphatic carbocycles. The number of azide groups is 1. The molecule has 0 saturated carbocycles. The lowest BCUT2D eigenvalue weighted by Gasteiger charge is -2.24. The number of nitrogens with one attached hydrogen (secondary N) is 1. The molecule has 5 unspecified atom stereocenters. The zero-order valence-electron chi connectivity index (χ0n) is 9.71. The molecule has 2 rings (SSSR count). The number of ether oxygens (including phenoxy) is 1. The van der Waals surface area contributed by atoms with Crippen LogP contribution in [0.2, 0.25) is 0 Å². The summed E-state index contributed by atoms with van der Waals surface area (Å²) in [7, 11) is 0. The van der Waals surface area contributed by atoms with E-state index in [1.54, 1.807) is 0 Å². The van der Waals surface area contributed by atoms with Gasteiger partial charge in [0.1, 0.15) is 6.10 Å². The van der Waals surface area contributed by atoms with Crippen molar-refractivity contribution in [1.29, 1.82) is 0 Å². The third kappa shape index (κ3) is 2.45. The van der Waals surface area contributed by atoms with Gasteiger partial charge in [-0.1, -0.05) is 11.2 Å². The summed E-state index contributed by atoms with van der Waals surface area (Å²) in [6.07, 6.45) is -0.559. The molecule has 102 valence electrons. The summed E-state index contributed by atoms with van der Waals surface area (Å²) < 4.78 is 5.34. The van der Waals surface area contributed by atoms with Crippen LogP contribution in [0.4, 0.5) is 0 Å². The Bertz CT molecular complexity index is 473. The fraction of sp³-hybridized carbons (Fsp3) is 0.600. The lowest BCUT2D eigenvalue weighted by Crippen LogP contribution is -2.45. The average Bonchev–Trinajstić information content (AvgIpc) is 2.68. The van der Waals surface area contributed by atoms with Crippen molar-refractivity contribution >= 4 is 11.8 Å². The van der Waals surface area contributed by atoms with Gasteiger partial charge in [-0.05, 0) is 5.53 Å². The highest BCUT2D eigenvalue weighted by Crippen LogP contribution is 2.30. The molecule has 0 radical (unpaired) electrons. The SMILES string of the molecule is [N-]=[N+]=NC1C(O)C(CO)OC1C1C=CC(=O)NC1=O. The zero-order chi connectivity index (χ0) is 14.0. The molecule has 19 heavy (non-hydrogen) atoms. The monoisotopic (exact) mass is 268 g/mol. The molecule has 0 bridgehead atoms. The molecular formula is C10H12N4O5. The minimum Gasteiger partial charge on any atom is -0.394 e. The number of aliphatic hydroxyl groups is 2. The van der Waals surface area contributed by atoms with Gasteiger partial charge in [0.05, 0.1) is 30.8 Å². The van der Waals surface area contributed by atoms with E-state index in [2.05, 4.69) is 15.3 Å². The highest BCUT2D eigenvalue weighted by atomic mass is 16.5. The highest BCUT2D eigenvalue weighted by molar-refractivity contribution is 6.05. The van der Waals surface area contributed by atoms with E-state index < -0.39 is 48.7 Å². The largest absolute Gasteiger partial charge is 0.394 e. The Morgan fingerprint density at radius 3 is 2.84 bits per heavy atom. The molecule has 3 N–H and O–H groups in total. The van der Waals surface area contributed by atoms with Gasteiger partial charge in [-0.25, -0.2) is 0 Å². The molecule has 9 heteroatoms. The summed E-state index contributed by atoms with van der Waals surface area (Å²) in [5, 5.41) is 24.4. The number of rotatable bonds is 3. The summed E-state index contributed by atoms with van der Waals surface area (Å²) in [6, 6.07) is -1.00. The van der Waals surface area contributed by atoms with Gasteiger partial charge >= 0.3 is 0 Å². The van der Waals surface area contributed by atoms with Crippen LogP contribution in [0, 0.1) is 5.92 Å². The Kier molecular flexibility index (Phi) is 3.82. The predicted molar refractivity (Wildman–Crippen MR) is 60.5 cm³/mol. The van der Waals surface area contributed by atoms with Gasteiger partial charge in [0, 0.05) is 11.0 Å². The molecule has 2 aliphatic rings. The number of amides is 2. The van der Waals surface area contributed by atoms with Crippen LogP contribution in [0.3, 0.4) is 0 Å². The fourth-order valence-corrected chi connectivity index (χ4v) is 2.20. The van der Waals surface area contributed by atoms with Crippen molar-refractivity contribution in [3.8, 4) is 0 Å². The van der Waals surface area contributed by atoms with E-state index in [4.69, 9.17) is 15.4 Å². The number of imide groups is 1. The number of hydrogen-bond donors (Lipinski definition) is 3. The van der Waals surface area contributed by atoms with Crippen LogP contribution >= 0.6 is 0 Å². The Morgan fingerprint density at radius 1 is 1.53 bits per heavy atom. The second kappa shape index (κ2) is 5.37. The van der Waals surface area contributed by atoms with E-state index in [0.717, 1.165) is 0 Å². The van der Waals surface area contributed by atoms with Crippen LogP contribution in [-0.2, 0) is 14.3 Å². The van der Waals surface area contributed by atoms with E-state index in [1.807, 2.05) is 0 Å². The molecular weight excluding hydrogens is 256 g/mol. The van der Waals surface area contributed by atoms with Crippen molar-refractivity contribution in [2.24, 2.45) is 11.0 Å². The third-order valence-corrected chi connectivity index (χ3v) is 3.12. The number of hydrogen-bond acceptors (Lipinski definition) is 6. The van der Waals surface area contributed by atoms with Crippen molar-refractivity contribution in [3.63, 3.8) is 0 Å². The van der Waals surface area contributed by atoms with Gasteiger partial charge in [-0.2, -0.15) is 0 Å². The van der Waals surface area contributed by atoms with E-state index in [1.165, 1.54) is 12.2 Å². The summed E-state index contributed by atoms with van der Waals surface area (Å²) >= 11 is 0. The van der Waals surface area contributed by atoms with Gasteiger partial charge in [-0.15, -0.1) is 0 Å². The molecule has 0 spiro atoms. The Morgan fingerprint density at radius 2 is 2.26 bits per heavy atom. The molecule has 0 aromatic rings. The van der Waals surface area contributed by atoms with Crippen molar-refractivity contribution in [2.45, 2.75) is 24.4 Å². The summed E-state index contributed by atoms with van der Waals surface area (Å²) in [5.74, 6) is -2.00. The lowest BCUT2D eigenvalue weighted by atomic mass is 9.92. The zero-order valence-corrected chi connectivity index (χ0v) is 9.71. The Balaban J connectivity index is 2.27. The summed E-state index contributed by atoms with van der Waals surface area (Å²) in [5.41, 5.74) is 8.48. The van der Waals surface area contributed by atoms with Crippen LogP contribution in [0.5, 0.6) is 0 Å². The molecule has 1 saturated heterocycles. The quantitative estimate of drug-likeness (QED) is 0.250. The first-order valence-electron chi connectivity index (χ1n) is 5.60. The molecule has 2 aliphatic heterocycles. The van der Waals surface area contributed by atoms with Crippen LogP contribution in [0.15, 0.2) is 17.3 Å². The van der Waals surface area contributed by atoms with E-state index in [0.29, 0.717) is 0 Å². The smallest absolute Gasteiger partial charge is 0.250 e. The van der Waals surface area contributed by atoms with E-state index in [9.17, 15) is 14.7 Å². The topological polar surface area (TPSA) is 145 Å².